The summed E-state index contributed by atoms with van der Waals surface area (Å²) in [7, 11) is 0. The fourth-order valence-corrected chi connectivity index (χ4v) is 3.27. The van der Waals surface area contributed by atoms with Gasteiger partial charge in [-0.05, 0) is 25.5 Å². The molecule has 28 heavy (non-hydrogen) atoms. The van der Waals surface area contributed by atoms with Gasteiger partial charge >= 0.3 is 5.97 Å². The second-order valence-corrected chi connectivity index (χ2v) is 6.63. The number of anilines is 1. The Labute approximate surface area is 163 Å². The maximum absolute atomic E-state index is 12.8. The summed E-state index contributed by atoms with van der Waals surface area (Å²) in [6, 6.07) is 8.77. The first kappa shape index (κ1) is 19.6. The van der Waals surface area contributed by atoms with Crippen molar-refractivity contribution in [1.82, 2.24) is 14.7 Å². The Morgan fingerprint density at radius 3 is 2.39 bits per heavy atom. The van der Waals surface area contributed by atoms with Gasteiger partial charge < -0.3 is 14.5 Å². The first-order valence-electron chi connectivity index (χ1n) is 9.30. The number of rotatable bonds is 4. The highest BCUT2D eigenvalue weighted by molar-refractivity contribution is 5.93. The molecule has 0 bridgehead atoms. The molecule has 0 spiro atoms. The Balaban J connectivity index is 2.04. The van der Waals surface area contributed by atoms with Gasteiger partial charge in [0.1, 0.15) is 0 Å². The fraction of sp³-hybridized carbons (Fsp3) is 0.400. The number of aryl methyl sites for hydroxylation is 1. The Morgan fingerprint density at radius 1 is 1.11 bits per heavy atom. The van der Waals surface area contributed by atoms with Gasteiger partial charge in [-0.15, -0.1) is 0 Å². The van der Waals surface area contributed by atoms with Crippen LogP contribution in [-0.4, -0.2) is 59.3 Å². The summed E-state index contributed by atoms with van der Waals surface area (Å²) < 4.78 is 6.40. The monoisotopic (exact) mass is 384 g/mol. The number of aromatic nitrogens is 2. The Morgan fingerprint density at radius 2 is 1.79 bits per heavy atom. The first-order chi connectivity index (χ1) is 13.4. The molecule has 148 valence electrons. The zero-order valence-electron chi connectivity index (χ0n) is 16.3. The molecule has 0 atom stereocenters. The van der Waals surface area contributed by atoms with Crippen LogP contribution < -0.4 is 10.5 Å². The number of hydrogen-bond acceptors (Lipinski definition) is 6. The number of para-hydroxylation sites is 1. The van der Waals surface area contributed by atoms with E-state index in [1.54, 1.807) is 17.9 Å². The Kier molecular flexibility index (Phi) is 5.77. The lowest BCUT2D eigenvalue weighted by molar-refractivity contribution is -0.129. The molecule has 2 heterocycles. The minimum atomic E-state index is -0.575. The predicted octanol–water partition coefficient (Wildman–Crippen LogP) is 1.39. The molecule has 8 nitrogen and oxygen atoms in total. The molecule has 1 aliphatic rings. The second-order valence-electron chi connectivity index (χ2n) is 6.63. The van der Waals surface area contributed by atoms with Crippen LogP contribution in [0.3, 0.4) is 0 Å². The lowest BCUT2D eigenvalue weighted by Gasteiger charge is -2.36. The summed E-state index contributed by atoms with van der Waals surface area (Å²) in [4.78, 5) is 40.6. The van der Waals surface area contributed by atoms with Crippen LogP contribution in [0.5, 0.6) is 0 Å². The smallest absolute Gasteiger partial charge is 0.360 e. The summed E-state index contributed by atoms with van der Waals surface area (Å²) in [5, 5.41) is 4.36. The largest absolute Gasteiger partial charge is 0.461 e. The molecule has 0 unspecified atom stereocenters. The van der Waals surface area contributed by atoms with E-state index >= 15 is 0 Å². The van der Waals surface area contributed by atoms with Gasteiger partial charge in [-0.3, -0.25) is 9.59 Å². The van der Waals surface area contributed by atoms with Gasteiger partial charge in [0, 0.05) is 39.2 Å². The van der Waals surface area contributed by atoms with E-state index in [4.69, 9.17) is 4.74 Å². The number of carbonyl (C=O) groups excluding carboxylic acids is 2. The van der Waals surface area contributed by atoms with E-state index in [0.717, 1.165) is 5.56 Å². The zero-order valence-corrected chi connectivity index (χ0v) is 16.3. The van der Waals surface area contributed by atoms with Crippen molar-refractivity contribution in [3.63, 3.8) is 0 Å². The average Bonchev–Trinajstić information content (AvgIpc) is 2.68. The lowest BCUT2D eigenvalue weighted by atomic mass is 10.2. The van der Waals surface area contributed by atoms with Crippen LogP contribution in [0.25, 0.3) is 5.69 Å². The maximum Gasteiger partial charge on any atom is 0.360 e. The van der Waals surface area contributed by atoms with Crippen LogP contribution in [0.1, 0.15) is 29.9 Å². The van der Waals surface area contributed by atoms with Crippen molar-refractivity contribution in [3.05, 3.63) is 51.9 Å². The zero-order chi connectivity index (χ0) is 20.3. The van der Waals surface area contributed by atoms with Crippen molar-refractivity contribution in [2.45, 2.75) is 20.8 Å². The van der Waals surface area contributed by atoms with E-state index in [1.807, 2.05) is 30.0 Å². The van der Waals surface area contributed by atoms with Gasteiger partial charge in [-0.25, -0.2) is 4.79 Å². The van der Waals surface area contributed by atoms with Crippen LogP contribution in [0.2, 0.25) is 0 Å². The molecule has 3 rings (SSSR count). The van der Waals surface area contributed by atoms with Gasteiger partial charge in [0.25, 0.3) is 5.56 Å². The van der Waals surface area contributed by atoms with Crippen LogP contribution >= 0.6 is 0 Å². The number of ether oxygens (including phenoxy) is 1. The Bertz CT molecular complexity index is 945. The van der Waals surface area contributed by atoms with Crippen molar-refractivity contribution in [1.29, 1.82) is 0 Å². The van der Waals surface area contributed by atoms with Gasteiger partial charge in [0.05, 0.1) is 18.0 Å². The molecule has 1 amide bonds. The van der Waals surface area contributed by atoms with Gasteiger partial charge in [-0.1, -0.05) is 18.2 Å². The molecule has 1 fully saturated rings. The van der Waals surface area contributed by atoms with Crippen LogP contribution in [0.15, 0.2) is 35.1 Å². The minimum Gasteiger partial charge on any atom is -0.461 e. The molecule has 0 radical (unpaired) electrons. The highest BCUT2D eigenvalue weighted by Crippen LogP contribution is 2.21. The van der Waals surface area contributed by atoms with Crippen LogP contribution in [0.4, 0.5) is 5.69 Å². The topological polar surface area (TPSA) is 84.7 Å². The van der Waals surface area contributed by atoms with Crippen LogP contribution in [-0.2, 0) is 9.53 Å². The summed E-state index contributed by atoms with van der Waals surface area (Å²) in [5.41, 5.74) is 1.70. The number of hydrogen-bond donors (Lipinski definition) is 0. The molecule has 1 aromatic heterocycles. The van der Waals surface area contributed by atoms with E-state index < -0.39 is 5.97 Å². The molecule has 0 N–H and O–H groups in total. The standard InChI is InChI=1S/C20H24N4O4/c1-4-28-20(27)19-17(23-11-9-22(10-12-23)15(3)25)13-18(26)24(21-19)16-8-6-5-7-14(16)2/h5-8,13H,4,9-12H2,1-3H3. The lowest BCUT2D eigenvalue weighted by Crippen LogP contribution is -2.49. The average molecular weight is 384 g/mol. The maximum atomic E-state index is 12.8. The molecule has 2 aromatic rings. The predicted molar refractivity (Wildman–Crippen MR) is 105 cm³/mol. The quantitative estimate of drug-likeness (QED) is 0.741. The van der Waals surface area contributed by atoms with Crippen molar-refractivity contribution in [3.8, 4) is 5.69 Å². The van der Waals surface area contributed by atoms with Gasteiger partial charge in [0.15, 0.2) is 5.69 Å². The minimum absolute atomic E-state index is 0.0124. The highest BCUT2D eigenvalue weighted by Gasteiger charge is 2.26. The normalized spacial score (nSPS) is 14.1. The van der Waals surface area contributed by atoms with E-state index in [-0.39, 0.29) is 23.8 Å². The van der Waals surface area contributed by atoms with Crippen LogP contribution in [0, 0.1) is 6.92 Å². The van der Waals surface area contributed by atoms with Crippen molar-refractivity contribution in [2.24, 2.45) is 0 Å². The molecule has 0 aliphatic carbocycles. The third kappa shape index (κ3) is 3.90. The third-order valence-electron chi connectivity index (χ3n) is 4.79. The summed E-state index contributed by atoms with van der Waals surface area (Å²) in [5.74, 6) is -0.563. The number of piperazine rings is 1. The summed E-state index contributed by atoms with van der Waals surface area (Å²) >= 11 is 0. The van der Waals surface area contributed by atoms with Gasteiger partial charge in [0.2, 0.25) is 5.91 Å². The third-order valence-corrected chi connectivity index (χ3v) is 4.79. The van der Waals surface area contributed by atoms with Gasteiger partial charge in [-0.2, -0.15) is 9.78 Å². The molecule has 1 aromatic carbocycles. The summed E-state index contributed by atoms with van der Waals surface area (Å²) in [6.07, 6.45) is 0. The SMILES string of the molecule is CCOC(=O)c1nn(-c2ccccc2C)c(=O)cc1N1CCN(C(C)=O)CC1. The number of carbonyl (C=O) groups is 2. The fourth-order valence-electron chi connectivity index (χ4n) is 3.27. The number of amides is 1. The molecule has 0 saturated carbocycles. The van der Waals surface area contributed by atoms with E-state index in [2.05, 4.69) is 5.10 Å². The molecular weight excluding hydrogens is 360 g/mol. The highest BCUT2D eigenvalue weighted by atomic mass is 16.5. The molecular formula is C20H24N4O4. The number of benzene rings is 1. The molecule has 8 heteroatoms. The van der Waals surface area contributed by atoms with Crippen molar-refractivity contribution in [2.75, 3.05) is 37.7 Å². The number of nitrogens with zero attached hydrogens (tertiary/aromatic N) is 4. The van der Waals surface area contributed by atoms with Crippen molar-refractivity contribution < 1.29 is 14.3 Å². The molecule has 1 saturated heterocycles. The van der Waals surface area contributed by atoms with Crippen molar-refractivity contribution >= 4 is 17.6 Å². The van der Waals surface area contributed by atoms with E-state index in [0.29, 0.717) is 37.6 Å². The molecule has 1 aliphatic heterocycles. The number of esters is 1. The van der Waals surface area contributed by atoms with E-state index in [1.165, 1.54) is 17.7 Å². The van der Waals surface area contributed by atoms with E-state index in [9.17, 15) is 14.4 Å². The first-order valence-corrected chi connectivity index (χ1v) is 9.30. The Hall–Kier alpha value is -3.16. The second kappa shape index (κ2) is 8.24. The summed E-state index contributed by atoms with van der Waals surface area (Å²) in [6.45, 7) is 7.43.